The molecule has 0 saturated heterocycles. The van der Waals surface area contributed by atoms with E-state index in [0.29, 0.717) is 26.3 Å². The second-order valence-corrected chi connectivity index (χ2v) is 7.24. The molecule has 3 aromatic carbocycles. The van der Waals surface area contributed by atoms with E-state index in [0.717, 1.165) is 44.8 Å². The standard InChI is InChI=1S/C24H24N2O4/c1-27-20-8-4-5-9-21(20)28-13-12-25-14-16-15-29-24-22(30-16)11-10-19-23(24)17-6-2-3-7-18(17)26-19/h2-11,16,25-26H,12-15H2,1H3. The molecule has 0 saturated carbocycles. The molecule has 5 rings (SSSR count). The van der Waals surface area contributed by atoms with Crippen LogP contribution in [0.1, 0.15) is 0 Å². The van der Waals surface area contributed by atoms with E-state index in [1.165, 1.54) is 0 Å². The number of hydrogen-bond acceptors (Lipinski definition) is 5. The SMILES string of the molecule is COc1ccccc1OCCNCC1COc2c(ccc3[nH]c4ccccc4c23)O1. The first-order valence-electron chi connectivity index (χ1n) is 10.1. The Labute approximate surface area is 174 Å². The van der Waals surface area contributed by atoms with Crippen molar-refractivity contribution in [3.05, 3.63) is 60.7 Å². The highest BCUT2D eigenvalue weighted by Crippen LogP contribution is 2.42. The second-order valence-electron chi connectivity index (χ2n) is 7.24. The lowest BCUT2D eigenvalue weighted by molar-refractivity contribution is 0.0914. The van der Waals surface area contributed by atoms with Crippen LogP contribution in [0, 0.1) is 0 Å². The molecule has 154 valence electrons. The molecule has 30 heavy (non-hydrogen) atoms. The van der Waals surface area contributed by atoms with Gasteiger partial charge in [0, 0.05) is 24.0 Å². The summed E-state index contributed by atoms with van der Waals surface area (Å²) in [7, 11) is 1.64. The van der Waals surface area contributed by atoms with E-state index in [4.69, 9.17) is 18.9 Å². The number of aromatic nitrogens is 1. The summed E-state index contributed by atoms with van der Waals surface area (Å²) in [5, 5.41) is 5.61. The van der Waals surface area contributed by atoms with Crippen LogP contribution in [0.15, 0.2) is 60.7 Å². The van der Waals surface area contributed by atoms with E-state index in [9.17, 15) is 0 Å². The first kappa shape index (κ1) is 18.6. The average Bonchev–Trinajstić information content (AvgIpc) is 3.18. The van der Waals surface area contributed by atoms with Gasteiger partial charge in [-0.15, -0.1) is 0 Å². The van der Waals surface area contributed by atoms with Gasteiger partial charge in [0.2, 0.25) is 0 Å². The van der Waals surface area contributed by atoms with Gasteiger partial charge < -0.3 is 29.2 Å². The molecule has 1 aromatic heterocycles. The number of hydrogen-bond donors (Lipinski definition) is 2. The highest BCUT2D eigenvalue weighted by atomic mass is 16.6. The van der Waals surface area contributed by atoms with Gasteiger partial charge in [0.15, 0.2) is 23.0 Å². The van der Waals surface area contributed by atoms with E-state index in [2.05, 4.69) is 28.5 Å². The first-order chi connectivity index (χ1) is 14.8. The first-order valence-corrected chi connectivity index (χ1v) is 10.1. The van der Waals surface area contributed by atoms with E-state index in [1.54, 1.807) is 7.11 Å². The predicted molar refractivity (Wildman–Crippen MR) is 117 cm³/mol. The maximum atomic E-state index is 6.20. The van der Waals surface area contributed by atoms with E-state index >= 15 is 0 Å². The number of fused-ring (bicyclic) bond motifs is 5. The van der Waals surface area contributed by atoms with Crippen molar-refractivity contribution < 1.29 is 18.9 Å². The smallest absolute Gasteiger partial charge is 0.171 e. The lowest BCUT2D eigenvalue weighted by Crippen LogP contribution is -2.39. The molecule has 0 bridgehead atoms. The molecule has 6 heteroatoms. The van der Waals surface area contributed by atoms with Crippen molar-refractivity contribution in [1.82, 2.24) is 10.3 Å². The van der Waals surface area contributed by atoms with Crippen molar-refractivity contribution in [2.45, 2.75) is 6.10 Å². The minimum Gasteiger partial charge on any atom is -0.493 e. The van der Waals surface area contributed by atoms with Crippen LogP contribution >= 0.6 is 0 Å². The van der Waals surface area contributed by atoms with Crippen LogP contribution in [0.4, 0.5) is 0 Å². The van der Waals surface area contributed by atoms with Crippen LogP contribution in [0.3, 0.4) is 0 Å². The number of rotatable bonds is 7. The molecule has 2 N–H and O–H groups in total. The number of methoxy groups -OCH3 is 1. The van der Waals surface area contributed by atoms with E-state index < -0.39 is 0 Å². The van der Waals surface area contributed by atoms with Gasteiger partial charge in [0.25, 0.3) is 0 Å². The maximum absolute atomic E-state index is 6.20. The number of benzene rings is 3. The monoisotopic (exact) mass is 404 g/mol. The Hall–Kier alpha value is -3.38. The molecule has 0 aliphatic carbocycles. The molecule has 1 aliphatic rings. The molecule has 1 unspecified atom stereocenters. The molecular formula is C24H24N2O4. The third kappa shape index (κ3) is 3.50. The zero-order valence-corrected chi connectivity index (χ0v) is 16.8. The minimum atomic E-state index is -0.0496. The summed E-state index contributed by atoms with van der Waals surface area (Å²) in [4.78, 5) is 3.44. The molecule has 1 aliphatic heterocycles. The lowest BCUT2D eigenvalue weighted by Gasteiger charge is -2.27. The largest absolute Gasteiger partial charge is 0.493 e. The number of nitrogens with one attached hydrogen (secondary N) is 2. The third-order valence-corrected chi connectivity index (χ3v) is 5.27. The van der Waals surface area contributed by atoms with Crippen molar-refractivity contribution in [2.24, 2.45) is 0 Å². The Balaban J connectivity index is 1.19. The number of ether oxygens (including phenoxy) is 4. The zero-order chi connectivity index (χ0) is 20.3. The summed E-state index contributed by atoms with van der Waals surface area (Å²) in [6.45, 7) is 2.43. The maximum Gasteiger partial charge on any atom is 0.171 e. The molecule has 0 spiro atoms. The van der Waals surface area contributed by atoms with Gasteiger partial charge in [-0.2, -0.15) is 0 Å². The third-order valence-electron chi connectivity index (χ3n) is 5.27. The van der Waals surface area contributed by atoms with Gasteiger partial charge in [-0.05, 0) is 30.3 Å². The fourth-order valence-electron chi connectivity index (χ4n) is 3.85. The predicted octanol–water partition coefficient (Wildman–Crippen LogP) is 4.14. The summed E-state index contributed by atoms with van der Waals surface area (Å²) in [6.07, 6.45) is -0.0496. The van der Waals surface area contributed by atoms with Crippen molar-refractivity contribution >= 4 is 21.8 Å². The van der Waals surface area contributed by atoms with Crippen LogP contribution in [0.2, 0.25) is 0 Å². The Bertz CT molecular complexity index is 1170. The van der Waals surface area contributed by atoms with E-state index in [-0.39, 0.29) is 6.10 Å². The molecule has 2 heterocycles. The quantitative estimate of drug-likeness (QED) is 0.453. The van der Waals surface area contributed by atoms with Gasteiger partial charge in [-0.3, -0.25) is 0 Å². The Kier molecular flexibility index (Phi) is 5.07. The summed E-state index contributed by atoms with van der Waals surface area (Å²) in [5.74, 6) is 3.09. The van der Waals surface area contributed by atoms with Crippen LogP contribution in [0.25, 0.3) is 21.8 Å². The van der Waals surface area contributed by atoms with Crippen LogP contribution < -0.4 is 24.3 Å². The van der Waals surface area contributed by atoms with Gasteiger partial charge >= 0.3 is 0 Å². The van der Waals surface area contributed by atoms with E-state index in [1.807, 2.05) is 42.5 Å². The number of H-pyrrole nitrogens is 1. The molecule has 0 radical (unpaired) electrons. The van der Waals surface area contributed by atoms with Crippen LogP contribution in [-0.4, -0.2) is 44.5 Å². The molecule has 1 atom stereocenters. The lowest BCUT2D eigenvalue weighted by atomic mass is 10.1. The summed E-state index contributed by atoms with van der Waals surface area (Å²) in [6, 6.07) is 19.9. The van der Waals surface area contributed by atoms with Gasteiger partial charge in [0.05, 0.1) is 18.0 Å². The second kappa shape index (κ2) is 8.16. The molecule has 4 aromatic rings. The average molecular weight is 404 g/mol. The fraction of sp³-hybridized carbons (Fsp3) is 0.250. The zero-order valence-electron chi connectivity index (χ0n) is 16.8. The number of aromatic amines is 1. The van der Waals surface area contributed by atoms with Crippen molar-refractivity contribution in [1.29, 1.82) is 0 Å². The summed E-state index contributed by atoms with van der Waals surface area (Å²) in [5.41, 5.74) is 2.16. The highest BCUT2D eigenvalue weighted by Gasteiger charge is 2.24. The molecule has 0 amide bonds. The van der Waals surface area contributed by atoms with Crippen molar-refractivity contribution in [2.75, 3.05) is 33.4 Å². The Morgan fingerprint density at radius 3 is 2.73 bits per heavy atom. The fourth-order valence-corrected chi connectivity index (χ4v) is 3.85. The Morgan fingerprint density at radius 1 is 1.00 bits per heavy atom. The molecular weight excluding hydrogens is 380 g/mol. The topological polar surface area (TPSA) is 64.7 Å². The minimum absolute atomic E-state index is 0.0496. The highest BCUT2D eigenvalue weighted by molar-refractivity contribution is 6.11. The summed E-state index contributed by atoms with van der Waals surface area (Å²) < 4.78 is 23.4. The van der Waals surface area contributed by atoms with Gasteiger partial charge in [-0.1, -0.05) is 30.3 Å². The Morgan fingerprint density at radius 2 is 1.83 bits per heavy atom. The molecule has 0 fully saturated rings. The van der Waals surface area contributed by atoms with Gasteiger partial charge in [-0.25, -0.2) is 0 Å². The normalized spacial score (nSPS) is 15.4. The summed E-state index contributed by atoms with van der Waals surface area (Å²) >= 11 is 0. The van der Waals surface area contributed by atoms with Crippen LogP contribution in [0.5, 0.6) is 23.0 Å². The van der Waals surface area contributed by atoms with Crippen LogP contribution in [-0.2, 0) is 0 Å². The molecule has 6 nitrogen and oxygen atoms in total. The van der Waals surface area contributed by atoms with Gasteiger partial charge in [0.1, 0.15) is 19.3 Å². The number of para-hydroxylation sites is 3. The van der Waals surface area contributed by atoms with Crippen molar-refractivity contribution in [3.63, 3.8) is 0 Å². The van der Waals surface area contributed by atoms with Crippen molar-refractivity contribution in [3.8, 4) is 23.0 Å².